The molecular weight excluding hydrogens is 378 g/mol. The van der Waals surface area contributed by atoms with Crippen molar-refractivity contribution in [3.05, 3.63) is 71.1 Å². The van der Waals surface area contributed by atoms with Crippen molar-refractivity contribution in [3.8, 4) is 11.5 Å². The minimum atomic E-state index is -0.267. The summed E-state index contributed by atoms with van der Waals surface area (Å²) in [6.45, 7) is 5.40. The number of ether oxygens (including phenoxy) is 2. The number of rotatable bonds is 8. The number of halogens is 1. The summed E-state index contributed by atoms with van der Waals surface area (Å²) in [6, 6.07) is 12.7. The first-order valence-electron chi connectivity index (χ1n) is 9.06. The number of aromatic nitrogens is 2. The molecular formula is C21H22ClN3O3. The molecule has 0 spiro atoms. The van der Waals surface area contributed by atoms with E-state index in [2.05, 4.69) is 10.3 Å². The fourth-order valence-electron chi connectivity index (χ4n) is 2.74. The number of hydrogen-bond acceptors (Lipinski definition) is 4. The van der Waals surface area contributed by atoms with Crippen LogP contribution in [0.15, 0.2) is 55.0 Å². The van der Waals surface area contributed by atoms with Gasteiger partial charge in [0.05, 0.1) is 19.5 Å². The lowest BCUT2D eigenvalue weighted by atomic mass is 10.2. The maximum absolute atomic E-state index is 12.6. The lowest BCUT2D eigenvalue weighted by molar-refractivity contribution is 0.102. The maximum atomic E-state index is 12.6. The molecule has 0 radical (unpaired) electrons. The first kappa shape index (κ1) is 19.8. The minimum Gasteiger partial charge on any atom is -0.490 e. The van der Waals surface area contributed by atoms with Crippen LogP contribution in [-0.4, -0.2) is 28.7 Å². The number of hydrogen-bond donors (Lipinski definition) is 1. The van der Waals surface area contributed by atoms with Gasteiger partial charge in [0.2, 0.25) is 0 Å². The highest BCUT2D eigenvalue weighted by Gasteiger charge is 2.13. The standard InChI is InChI=1S/C21H22ClN3O3/c1-3-27-18-9-8-16(11-19(18)28-4-2)21(26)24-20-13-25(14-23-20)12-15-6-5-7-17(22)10-15/h5-11,13-14H,3-4,12H2,1-2H3,(H,24,26). The Morgan fingerprint density at radius 2 is 1.89 bits per heavy atom. The predicted octanol–water partition coefficient (Wildman–Crippen LogP) is 4.63. The highest BCUT2D eigenvalue weighted by Crippen LogP contribution is 2.28. The summed E-state index contributed by atoms with van der Waals surface area (Å²) >= 11 is 6.02. The molecule has 0 unspecified atom stereocenters. The summed E-state index contributed by atoms with van der Waals surface area (Å²) in [4.78, 5) is 16.8. The van der Waals surface area contributed by atoms with Crippen LogP contribution in [0.4, 0.5) is 5.82 Å². The fraction of sp³-hybridized carbons (Fsp3) is 0.238. The summed E-state index contributed by atoms with van der Waals surface area (Å²) in [5, 5.41) is 3.49. The number of amides is 1. The summed E-state index contributed by atoms with van der Waals surface area (Å²) in [5.41, 5.74) is 1.52. The van der Waals surface area contributed by atoms with E-state index < -0.39 is 0 Å². The monoisotopic (exact) mass is 399 g/mol. The van der Waals surface area contributed by atoms with Gasteiger partial charge in [-0.3, -0.25) is 4.79 Å². The van der Waals surface area contributed by atoms with Gasteiger partial charge >= 0.3 is 0 Å². The molecule has 1 heterocycles. The van der Waals surface area contributed by atoms with Crippen LogP contribution in [0.25, 0.3) is 0 Å². The molecule has 3 aromatic rings. The van der Waals surface area contributed by atoms with Crippen LogP contribution in [0.5, 0.6) is 11.5 Å². The van der Waals surface area contributed by atoms with Crippen molar-refractivity contribution in [2.45, 2.75) is 20.4 Å². The normalized spacial score (nSPS) is 10.5. The average molecular weight is 400 g/mol. The molecule has 0 aliphatic heterocycles. The summed E-state index contributed by atoms with van der Waals surface area (Å²) in [7, 11) is 0. The van der Waals surface area contributed by atoms with Crippen molar-refractivity contribution in [2.75, 3.05) is 18.5 Å². The van der Waals surface area contributed by atoms with Crippen LogP contribution < -0.4 is 14.8 Å². The molecule has 0 saturated heterocycles. The van der Waals surface area contributed by atoms with Gasteiger partial charge in [0.1, 0.15) is 0 Å². The molecule has 3 rings (SSSR count). The molecule has 28 heavy (non-hydrogen) atoms. The quantitative estimate of drug-likeness (QED) is 0.599. The zero-order valence-corrected chi connectivity index (χ0v) is 16.6. The molecule has 1 amide bonds. The number of nitrogens with zero attached hydrogens (tertiary/aromatic N) is 2. The third-order valence-corrected chi connectivity index (χ3v) is 4.17. The maximum Gasteiger partial charge on any atom is 0.256 e. The van der Waals surface area contributed by atoms with Crippen LogP contribution >= 0.6 is 11.6 Å². The molecule has 0 fully saturated rings. The first-order chi connectivity index (χ1) is 13.6. The fourth-order valence-corrected chi connectivity index (χ4v) is 2.95. The van der Waals surface area contributed by atoms with E-state index in [1.54, 1.807) is 30.7 Å². The van der Waals surface area contributed by atoms with E-state index in [1.165, 1.54) is 0 Å². The van der Waals surface area contributed by atoms with Crippen LogP contribution in [0.3, 0.4) is 0 Å². The van der Waals surface area contributed by atoms with E-state index in [1.807, 2.05) is 42.7 Å². The highest BCUT2D eigenvalue weighted by molar-refractivity contribution is 6.30. The molecule has 1 aromatic heterocycles. The summed E-state index contributed by atoms with van der Waals surface area (Å²) < 4.78 is 13.0. The number of anilines is 1. The van der Waals surface area contributed by atoms with Gasteiger partial charge in [-0.2, -0.15) is 0 Å². The number of imidazole rings is 1. The second kappa shape index (κ2) is 9.28. The van der Waals surface area contributed by atoms with Crippen molar-refractivity contribution in [2.24, 2.45) is 0 Å². The Hall–Kier alpha value is -2.99. The second-order valence-electron chi connectivity index (χ2n) is 6.04. The van der Waals surface area contributed by atoms with Gasteiger partial charge in [0.15, 0.2) is 17.3 Å². The van der Waals surface area contributed by atoms with Gasteiger partial charge in [-0.1, -0.05) is 23.7 Å². The van der Waals surface area contributed by atoms with Crippen molar-refractivity contribution in [3.63, 3.8) is 0 Å². The Kier molecular flexibility index (Phi) is 6.55. The topological polar surface area (TPSA) is 65.4 Å². The van der Waals surface area contributed by atoms with Crippen LogP contribution in [0.1, 0.15) is 29.8 Å². The number of carbonyl (C=O) groups excluding carboxylic acids is 1. The van der Waals surface area contributed by atoms with Gasteiger partial charge < -0.3 is 19.4 Å². The van der Waals surface area contributed by atoms with Gasteiger partial charge in [-0.15, -0.1) is 0 Å². The Bertz CT molecular complexity index is 956. The number of benzene rings is 2. The molecule has 1 N–H and O–H groups in total. The molecule has 0 aliphatic carbocycles. The lowest BCUT2D eigenvalue weighted by Crippen LogP contribution is -2.12. The van der Waals surface area contributed by atoms with E-state index in [4.69, 9.17) is 21.1 Å². The van der Waals surface area contributed by atoms with E-state index in [0.29, 0.717) is 47.7 Å². The van der Waals surface area contributed by atoms with Crippen molar-refractivity contribution >= 4 is 23.3 Å². The van der Waals surface area contributed by atoms with Gasteiger partial charge in [0.25, 0.3) is 5.91 Å². The summed E-state index contributed by atoms with van der Waals surface area (Å²) in [5.74, 6) is 1.37. The van der Waals surface area contributed by atoms with E-state index in [9.17, 15) is 4.79 Å². The smallest absolute Gasteiger partial charge is 0.256 e. The van der Waals surface area contributed by atoms with Crippen molar-refractivity contribution in [1.82, 2.24) is 9.55 Å². The second-order valence-corrected chi connectivity index (χ2v) is 6.48. The highest BCUT2D eigenvalue weighted by atomic mass is 35.5. The Morgan fingerprint density at radius 3 is 2.64 bits per heavy atom. The van der Waals surface area contributed by atoms with E-state index in [-0.39, 0.29) is 5.91 Å². The zero-order valence-electron chi connectivity index (χ0n) is 15.8. The van der Waals surface area contributed by atoms with Crippen molar-refractivity contribution < 1.29 is 14.3 Å². The molecule has 7 heteroatoms. The average Bonchev–Trinajstić information content (AvgIpc) is 3.10. The molecule has 6 nitrogen and oxygen atoms in total. The lowest BCUT2D eigenvalue weighted by Gasteiger charge is -2.12. The molecule has 0 aliphatic rings. The third-order valence-electron chi connectivity index (χ3n) is 3.93. The van der Waals surface area contributed by atoms with Gasteiger partial charge in [0, 0.05) is 23.3 Å². The Labute approximate surface area is 169 Å². The van der Waals surface area contributed by atoms with Crippen LogP contribution in [0, 0.1) is 0 Å². The third kappa shape index (κ3) is 5.04. The molecule has 0 saturated carbocycles. The molecule has 0 atom stereocenters. The SMILES string of the molecule is CCOc1ccc(C(=O)Nc2cn(Cc3cccc(Cl)c3)cn2)cc1OCC. The Morgan fingerprint density at radius 1 is 1.11 bits per heavy atom. The number of nitrogens with one attached hydrogen (secondary N) is 1. The Balaban J connectivity index is 1.69. The molecule has 0 bridgehead atoms. The minimum absolute atomic E-state index is 0.267. The molecule has 2 aromatic carbocycles. The van der Waals surface area contributed by atoms with Crippen LogP contribution in [0.2, 0.25) is 5.02 Å². The molecule has 146 valence electrons. The van der Waals surface area contributed by atoms with Gasteiger partial charge in [-0.25, -0.2) is 4.98 Å². The number of carbonyl (C=O) groups is 1. The first-order valence-corrected chi connectivity index (χ1v) is 9.44. The van der Waals surface area contributed by atoms with Gasteiger partial charge in [-0.05, 0) is 49.7 Å². The van der Waals surface area contributed by atoms with E-state index in [0.717, 1.165) is 5.56 Å². The summed E-state index contributed by atoms with van der Waals surface area (Å²) in [6.07, 6.45) is 3.44. The van der Waals surface area contributed by atoms with E-state index >= 15 is 0 Å². The zero-order chi connectivity index (χ0) is 19.9. The van der Waals surface area contributed by atoms with Crippen molar-refractivity contribution in [1.29, 1.82) is 0 Å². The largest absolute Gasteiger partial charge is 0.490 e. The van der Waals surface area contributed by atoms with Crippen LogP contribution in [-0.2, 0) is 6.54 Å². The predicted molar refractivity (Wildman–Crippen MR) is 110 cm³/mol.